The second-order valence-electron chi connectivity index (χ2n) is 5.46. The molecular weight excluding hydrogens is 312 g/mol. The molecule has 122 valence electrons. The minimum Gasteiger partial charge on any atom is -0.349 e. The molecule has 0 aliphatic heterocycles. The average Bonchev–Trinajstić information content (AvgIpc) is 2.54. The first-order valence-electron chi connectivity index (χ1n) is 7.37. The first kappa shape index (κ1) is 17.1. The second-order valence-corrected chi connectivity index (χ2v) is 7.57. The van der Waals surface area contributed by atoms with Gasteiger partial charge in [0.25, 0.3) is 0 Å². The van der Waals surface area contributed by atoms with Crippen LogP contribution in [0.2, 0.25) is 0 Å². The van der Waals surface area contributed by atoms with Gasteiger partial charge in [-0.05, 0) is 37.6 Å². The molecule has 2 rings (SSSR count). The van der Waals surface area contributed by atoms with E-state index in [-0.39, 0.29) is 29.0 Å². The van der Waals surface area contributed by atoms with Crippen molar-refractivity contribution in [2.75, 3.05) is 5.75 Å². The zero-order valence-corrected chi connectivity index (χ0v) is 14.0. The molecule has 0 spiro atoms. The first-order chi connectivity index (χ1) is 10.9. The van der Waals surface area contributed by atoms with Crippen LogP contribution in [0.1, 0.15) is 30.5 Å². The number of carbonyl (C=O) groups excluding carboxylic acids is 1. The molecule has 0 bridgehead atoms. The SMILES string of the molecule is Cc1ccc(S(=O)(=O)CCC(=O)N[C@H](C)c2cccnc2)cc1. The van der Waals surface area contributed by atoms with E-state index in [1.807, 2.05) is 19.9 Å². The number of carbonyl (C=O) groups is 1. The molecule has 2 aromatic rings. The van der Waals surface area contributed by atoms with E-state index in [4.69, 9.17) is 0 Å². The number of amides is 1. The van der Waals surface area contributed by atoms with Gasteiger partial charge in [0.1, 0.15) is 0 Å². The van der Waals surface area contributed by atoms with Crippen molar-refractivity contribution in [2.24, 2.45) is 0 Å². The number of aryl methyl sites for hydroxylation is 1. The Morgan fingerprint density at radius 1 is 1.22 bits per heavy atom. The number of pyridine rings is 1. The van der Waals surface area contributed by atoms with E-state index in [1.54, 1.807) is 42.7 Å². The molecule has 0 fully saturated rings. The Morgan fingerprint density at radius 3 is 2.52 bits per heavy atom. The first-order valence-corrected chi connectivity index (χ1v) is 9.02. The largest absolute Gasteiger partial charge is 0.349 e. The van der Waals surface area contributed by atoms with Crippen LogP contribution in [0.5, 0.6) is 0 Å². The lowest BCUT2D eigenvalue weighted by molar-refractivity contribution is -0.121. The Morgan fingerprint density at radius 2 is 1.91 bits per heavy atom. The summed E-state index contributed by atoms with van der Waals surface area (Å²) in [6.07, 6.45) is 3.26. The Bertz CT molecular complexity index is 756. The van der Waals surface area contributed by atoms with Crippen molar-refractivity contribution in [3.8, 4) is 0 Å². The van der Waals surface area contributed by atoms with Gasteiger partial charge in [0.2, 0.25) is 5.91 Å². The number of sulfone groups is 1. The van der Waals surface area contributed by atoms with Crippen LogP contribution in [0.25, 0.3) is 0 Å². The summed E-state index contributed by atoms with van der Waals surface area (Å²) < 4.78 is 24.4. The molecule has 0 aliphatic carbocycles. The number of aromatic nitrogens is 1. The number of rotatable bonds is 6. The van der Waals surface area contributed by atoms with Crippen LogP contribution >= 0.6 is 0 Å². The number of hydrogen-bond acceptors (Lipinski definition) is 4. The van der Waals surface area contributed by atoms with Gasteiger partial charge in [0.15, 0.2) is 9.84 Å². The molecule has 1 amide bonds. The zero-order chi connectivity index (χ0) is 16.9. The third-order valence-corrected chi connectivity index (χ3v) is 5.27. The van der Waals surface area contributed by atoms with Crippen LogP contribution in [-0.4, -0.2) is 25.1 Å². The summed E-state index contributed by atoms with van der Waals surface area (Å²) >= 11 is 0. The highest BCUT2D eigenvalue weighted by Crippen LogP contribution is 2.14. The molecular formula is C17H20N2O3S. The van der Waals surface area contributed by atoms with Crippen molar-refractivity contribution >= 4 is 15.7 Å². The molecule has 1 aromatic heterocycles. The van der Waals surface area contributed by atoms with Gasteiger partial charge in [0.05, 0.1) is 16.7 Å². The molecule has 1 heterocycles. The van der Waals surface area contributed by atoms with Gasteiger partial charge >= 0.3 is 0 Å². The maximum absolute atomic E-state index is 12.2. The van der Waals surface area contributed by atoms with Crippen LogP contribution in [-0.2, 0) is 14.6 Å². The smallest absolute Gasteiger partial charge is 0.221 e. The highest BCUT2D eigenvalue weighted by molar-refractivity contribution is 7.91. The Balaban J connectivity index is 1.92. The highest BCUT2D eigenvalue weighted by atomic mass is 32.2. The maximum Gasteiger partial charge on any atom is 0.221 e. The highest BCUT2D eigenvalue weighted by Gasteiger charge is 2.17. The third-order valence-electron chi connectivity index (χ3n) is 3.54. The average molecular weight is 332 g/mol. The van der Waals surface area contributed by atoms with Crippen LogP contribution in [0.3, 0.4) is 0 Å². The van der Waals surface area contributed by atoms with Gasteiger partial charge < -0.3 is 5.32 Å². The summed E-state index contributed by atoms with van der Waals surface area (Å²) in [6.45, 7) is 3.73. The van der Waals surface area contributed by atoms with Gasteiger partial charge in [0, 0.05) is 18.8 Å². The van der Waals surface area contributed by atoms with Crippen molar-refractivity contribution in [3.63, 3.8) is 0 Å². The molecule has 6 heteroatoms. The van der Waals surface area contributed by atoms with Crippen molar-refractivity contribution in [3.05, 3.63) is 59.9 Å². The van der Waals surface area contributed by atoms with Crippen molar-refractivity contribution in [2.45, 2.75) is 31.2 Å². The van der Waals surface area contributed by atoms with E-state index in [9.17, 15) is 13.2 Å². The normalized spacial score (nSPS) is 12.6. The van der Waals surface area contributed by atoms with Gasteiger partial charge in [-0.2, -0.15) is 0 Å². The molecule has 0 aliphatic rings. The molecule has 1 N–H and O–H groups in total. The van der Waals surface area contributed by atoms with Crippen LogP contribution in [0.15, 0.2) is 53.7 Å². The maximum atomic E-state index is 12.2. The quantitative estimate of drug-likeness (QED) is 0.881. The van der Waals surface area contributed by atoms with E-state index < -0.39 is 9.84 Å². The fourth-order valence-electron chi connectivity index (χ4n) is 2.12. The van der Waals surface area contributed by atoms with E-state index in [0.717, 1.165) is 11.1 Å². The zero-order valence-electron chi connectivity index (χ0n) is 13.2. The molecule has 0 saturated heterocycles. The number of nitrogens with zero attached hydrogens (tertiary/aromatic N) is 1. The van der Waals surface area contributed by atoms with E-state index >= 15 is 0 Å². The minimum atomic E-state index is -3.45. The summed E-state index contributed by atoms with van der Waals surface area (Å²) in [5.41, 5.74) is 1.87. The number of hydrogen-bond donors (Lipinski definition) is 1. The van der Waals surface area contributed by atoms with Crippen molar-refractivity contribution in [1.82, 2.24) is 10.3 Å². The van der Waals surface area contributed by atoms with E-state index in [0.29, 0.717) is 0 Å². The predicted molar refractivity (Wildman–Crippen MR) is 88.6 cm³/mol. The number of nitrogens with one attached hydrogen (secondary N) is 1. The Labute approximate surface area is 136 Å². The molecule has 0 unspecified atom stereocenters. The third kappa shape index (κ3) is 4.89. The molecule has 23 heavy (non-hydrogen) atoms. The van der Waals surface area contributed by atoms with E-state index in [1.165, 1.54) is 0 Å². The molecule has 1 aromatic carbocycles. The molecule has 0 saturated carbocycles. The van der Waals surface area contributed by atoms with Crippen LogP contribution < -0.4 is 5.32 Å². The monoisotopic (exact) mass is 332 g/mol. The summed E-state index contributed by atoms with van der Waals surface area (Å²) in [4.78, 5) is 16.2. The van der Waals surface area contributed by atoms with Crippen molar-refractivity contribution < 1.29 is 13.2 Å². The lowest BCUT2D eigenvalue weighted by Crippen LogP contribution is -2.28. The van der Waals surface area contributed by atoms with Gasteiger partial charge in [-0.1, -0.05) is 23.8 Å². The van der Waals surface area contributed by atoms with Crippen LogP contribution in [0.4, 0.5) is 0 Å². The summed E-state index contributed by atoms with van der Waals surface area (Å²) in [6, 6.07) is 10.1. The fraction of sp³-hybridized carbons (Fsp3) is 0.294. The molecule has 5 nitrogen and oxygen atoms in total. The molecule has 0 radical (unpaired) electrons. The fourth-order valence-corrected chi connectivity index (χ4v) is 3.36. The Hall–Kier alpha value is -2.21. The van der Waals surface area contributed by atoms with Gasteiger partial charge in [-0.15, -0.1) is 0 Å². The van der Waals surface area contributed by atoms with Gasteiger partial charge in [-0.25, -0.2) is 8.42 Å². The second kappa shape index (κ2) is 7.37. The van der Waals surface area contributed by atoms with Crippen LogP contribution in [0, 0.1) is 6.92 Å². The van der Waals surface area contributed by atoms with E-state index in [2.05, 4.69) is 10.3 Å². The molecule has 1 atom stereocenters. The number of benzene rings is 1. The topological polar surface area (TPSA) is 76.1 Å². The minimum absolute atomic E-state index is 0.0686. The lowest BCUT2D eigenvalue weighted by Gasteiger charge is -2.14. The lowest BCUT2D eigenvalue weighted by atomic mass is 10.1. The van der Waals surface area contributed by atoms with Crippen molar-refractivity contribution in [1.29, 1.82) is 0 Å². The summed E-state index contributed by atoms with van der Waals surface area (Å²) in [5.74, 6) is -0.501. The Kier molecular flexibility index (Phi) is 5.50. The van der Waals surface area contributed by atoms with Gasteiger partial charge in [-0.3, -0.25) is 9.78 Å². The standard InChI is InChI=1S/C17H20N2O3S/c1-13-5-7-16(8-6-13)23(21,22)11-9-17(20)19-14(2)15-4-3-10-18-12-15/h3-8,10,12,14H,9,11H2,1-2H3,(H,19,20)/t14-/m1/s1. The summed E-state index contributed by atoms with van der Waals surface area (Å²) in [5, 5.41) is 2.79. The predicted octanol–water partition coefficient (Wildman–Crippen LogP) is 2.43. The summed E-state index contributed by atoms with van der Waals surface area (Å²) in [7, 11) is -3.45.